The van der Waals surface area contributed by atoms with Crippen molar-refractivity contribution in [1.82, 2.24) is 9.21 Å². The normalized spacial score (nSPS) is 22.4. The van der Waals surface area contributed by atoms with E-state index >= 15 is 0 Å². The molecule has 1 aromatic carbocycles. The number of nitrogens with zero attached hydrogens (tertiary/aromatic N) is 2. The zero-order valence-corrected chi connectivity index (χ0v) is 23.9. The molecule has 1 saturated heterocycles. The number of amides is 1. The van der Waals surface area contributed by atoms with Gasteiger partial charge in [-0.15, -0.1) is 11.7 Å². The average Bonchev–Trinajstić information content (AvgIpc) is 2.81. The molecule has 1 aromatic rings. The number of fused-ring (bicyclic) bond motifs is 1. The summed E-state index contributed by atoms with van der Waals surface area (Å²) in [4.78, 5) is 14.7. The molecule has 0 spiro atoms. The minimum Gasteiger partial charge on any atom is -0.385 e. The predicted molar refractivity (Wildman–Crippen MR) is 152 cm³/mol. The zero-order valence-electron chi connectivity index (χ0n) is 20.6. The van der Waals surface area contributed by atoms with Crippen molar-refractivity contribution in [2.75, 3.05) is 38.1 Å². The van der Waals surface area contributed by atoms with Crippen LogP contribution < -0.4 is 4.72 Å². The number of benzene rings is 1. The molecule has 0 bridgehead atoms. The third-order valence-electron chi connectivity index (χ3n) is 6.62. The van der Waals surface area contributed by atoms with Crippen LogP contribution in [0.3, 0.4) is 0 Å². The number of unbranched alkanes of at least 4 members (excludes halogenated alkanes) is 2. The molecule has 3 rings (SSSR count). The van der Waals surface area contributed by atoms with Crippen LogP contribution in [0.2, 0.25) is 5.02 Å². The van der Waals surface area contributed by atoms with E-state index in [-0.39, 0.29) is 5.91 Å². The number of nitrogens with one attached hydrogen (secondary N) is 1. The lowest BCUT2D eigenvalue weighted by atomic mass is 9.97. The van der Waals surface area contributed by atoms with Crippen molar-refractivity contribution in [3.8, 4) is 0 Å². The number of allylic oxidation sites excluding steroid dienone is 1. The smallest absolute Gasteiger partial charge is 0.222 e. The first-order valence-electron chi connectivity index (χ1n) is 12.3. The number of methoxy groups -OCH3 is 1. The predicted octanol–water partition coefficient (Wildman–Crippen LogP) is 6.99. The fourth-order valence-electron chi connectivity index (χ4n) is 4.78. The molecule has 1 amide bonds. The van der Waals surface area contributed by atoms with Gasteiger partial charge in [-0.25, -0.2) is 4.31 Å². The summed E-state index contributed by atoms with van der Waals surface area (Å²) in [7, 11) is 0.880. The summed E-state index contributed by atoms with van der Waals surface area (Å²) in [5, 5.41) is 1.41. The summed E-state index contributed by atoms with van der Waals surface area (Å²) in [6, 6.07) is 2.05. The lowest BCUT2D eigenvalue weighted by Gasteiger charge is -2.42. The second-order valence-electron chi connectivity index (χ2n) is 9.28. The number of anilines is 1. The van der Waals surface area contributed by atoms with Gasteiger partial charge in [0.05, 0.1) is 10.7 Å². The third kappa shape index (κ3) is 7.23. The van der Waals surface area contributed by atoms with Crippen LogP contribution in [0.15, 0.2) is 12.1 Å². The molecule has 2 heterocycles. The minimum atomic E-state index is -0.823. The molecule has 2 atom stereocenters. The number of carbonyl (C=O) groups excluding carboxylic acids is 1. The Hall–Kier alpha value is -0.570. The largest absolute Gasteiger partial charge is 0.385 e. The number of ether oxygens (including phenoxy) is 1. The van der Waals surface area contributed by atoms with Gasteiger partial charge in [-0.1, -0.05) is 52.9 Å². The summed E-state index contributed by atoms with van der Waals surface area (Å²) in [5.74, 6) is 0.735. The fourth-order valence-corrected chi connectivity index (χ4v) is 7.59. The SMILES string of the molecule is CCC/C=C(/Cl)c1c(Cl)cc2c(c1C)N[SH](S)N(CC1CCCN(C(=O)CCCCOC)C1)C2. The lowest BCUT2D eigenvalue weighted by Crippen LogP contribution is -2.43. The third-order valence-corrected chi connectivity index (χ3v) is 9.59. The lowest BCUT2D eigenvalue weighted by molar-refractivity contribution is -0.133. The molecular formula is C25H39Cl2N3O2S2. The second-order valence-corrected chi connectivity index (χ2v) is 12.6. The van der Waals surface area contributed by atoms with E-state index in [1.807, 2.05) is 6.07 Å². The Balaban J connectivity index is 1.65. The maximum absolute atomic E-state index is 12.7. The minimum absolute atomic E-state index is 0.277. The van der Waals surface area contributed by atoms with Gasteiger partial charge in [-0.3, -0.25) is 4.79 Å². The number of thiol groups is 2. The Labute approximate surface area is 223 Å². The first-order chi connectivity index (χ1) is 16.3. The molecule has 1 fully saturated rings. The standard InChI is InChI=1S/C25H39Cl2N3O2S2/c1-4-5-10-21(26)24-18(2)25-20(14-22(24)27)17-30(34(33)28-25)16-19-9-8-12-29(15-19)23(31)11-6-7-13-32-3/h10,14,19,28,33-34H,4-9,11-13,15-17H2,1-3H3/b21-10+. The average molecular weight is 549 g/mol. The van der Waals surface area contributed by atoms with Crippen LogP contribution >= 0.6 is 45.2 Å². The van der Waals surface area contributed by atoms with Gasteiger partial charge in [0, 0.05) is 56.9 Å². The van der Waals surface area contributed by atoms with Crippen molar-refractivity contribution >= 4 is 61.8 Å². The fraction of sp³-hybridized carbons (Fsp3) is 0.640. The van der Waals surface area contributed by atoms with E-state index in [0.29, 0.717) is 22.4 Å². The highest BCUT2D eigenvalue weighted by atomic mass is 35.5. The van der Waals surface area contributed by atoms with E-state index < -0.39 is 10.3 Å². The van der Waals surface area contributed by atoms with Crippen LogP contribution in [-0.2, 0) is 16.1 Å². The number of piperidine rings is 1. The van der Waals surface area contributed by atoms with Crippen LogP contribution in [0.25, 0.3) is 5.03 Å². The summed E-state index contributed by atoms with van der Waals surface area (Å²) in [6.07, 6.45) is 8.68. The van der Waals surface area contributed by atoms with Crippen LogP contribution in [0.5, 0.6) is 0 Å². The number of likely N-dealkylation sites (tertiary alicyclic amines) is 1. The first kappa shape index (κ1) is 28.0. The van der Waals surface area contributed by atoms with E-state index in [1.54, 1.807) is 7.11 Å². The van der Waals surface area contributed by atoms with E-state index in [1.165, 1.54) is 5.56 Å². The van der Waals surface area contributed by atoms with Crippen molar-refractivity contribution in [2.24, 2.45) is 5.92 Å². The van der Waals surface area contributed by atoms with Gasteiger partial charge in [0.1, 0.15) is 0 Å². The molecule has 2 aliphatic rings. The van der Waals surface area contributed by atoms with Gasteiger partial charge in [-0.05, 0) is 62.1 Å². The molecule has 2 unspecified atom stereocenters. The maximum atomic E-state index is 12.7. The molecule has 0 aliphatic carbocycles. The zero-order chi connectivity index (χ0) is 24.7. The summed E-state index contributed by atoms with van der Waals surface area (Å²) in [6.45, 7) is 8.37. The molecule has 0 saturated carbocycles. The highest BCUT2D eigenvalue weighted by molar-refractivity contribution is 8.77. The molecule has 0 radical (unpaired) electrons. The maximum Gasteiger partial charge on any atom is 0.222 e. The van der Waals surface area contributed by atoms with Crippen molar-refractivity contribution in [3.05, 3.63) is 33.9 Å². The Morgan fingerprint density at radius 3 is 2.94 bits per heavy atom. The molecule has 9 heteroatoms. The molecular weight excluding hydrogens is 509 g/mol. The van der Waals surface area contributed by atoms with Gasteiger partial charge < -0.3 is 14.4 Å². The van der Waals surface area contributed by atoms with Crippen molar-refractivity contribution in [1.29, 1.82) is 0 Å². The highest BCUT2D eigenvalue weighted by Gasteiger charge is 2.30. The van der Waals surface area contributed by atoms with E-state index in [4.69, 9.17) is 39.6 Å². The monoisotopic (exact) mass is 547 g/mol. The molecule has 2 aliphatic heterocycles. The number of halogens is 2. The van der Waals surface area contributed by atoms with Gasteiger partial charge in [-0.2, -0.15) is 0 Å². The number of hydrogen-bond acceptors (Lipinski definition) is 5. The summed E-state index contributed by atoms with van der Waals surface area (Å²) < 4.78 is 11.1. The summed E-state index contributed by atoms with van der Waals surface area (Å²) >= 11 is 18.2. The molecule has 192 valence electrons. The van der Waals surface area contributed by atoms with Gasteiger partial charge in [0.15, 0.2) is 0 Å². The van der Waals surface area contributed by atoms with Crippen molar-refractivity contribution in [2.45, 2.75) is 65.3 Å². The Morgan fingerprint density at radius 1 is 1.41 bits per heavy atom. The number of hydrogen-bond donors (Lipinski definition) is 3. The van der Waals surface area contributed by atoms with Crippen LogP contribution in [0.1, 0.15) is 68.6 Å². The topological polar surface area (TPSA) is 44.8 Å². The van der Waals surface area contributed by atoms with E-state index in [2.05, 4.69) is 33.9 Å². The van der Waals surface area contributed by atoms with Crippen LogP contribution in [0.4, 0.5) is 5.69 Å². The van der Waals surface area contributed by atoms with Crippen molar-refractivity contribution < 1.29 is 9.53 Å². The van der Waals surface area contributed by atoms with Crippen LogP contribution in [0, 0.1) is 12.8 Å². The highest BCUT2D eigenvalue weighted by Crippen LogP contribution is 2.48. The Bertz CT molecular complexity index is 884. The molecule has 34 heavy (non-hydrogen) atoms. The molecule has 5 nitrogen and oxygen atoms in total. The van der Waals surface area contributed by atoms with Crippen molar-refractivity contribution in [3.63, 3.8) is 0 Å². The van der Waals surface area contributed by atoms with Gasteiger partial charge in [0.25, 0.3) is 0 Å². The summed E-state index contributed by atoms with van der Waals surface area (Å²) in [5.41, 5.74) is 4.29. The van der Waals surface area contributed by atoms with Gasteiger partial charge in [0.2, 0.25) is 5.91 Å². The number of rotatable bonds is 10. The van der Waals surface area contributed by atoms with Gasteiger partial charge >= 0.3 is 0 Å². The second kappa shape index (κ2) is 13.7. The molecule has 1 N–H and O–H groups in total. The van der Waals surface area contributed by atoms with E-state index in [0.717, 1.165) is 88.1 Å². The Kier molecular flexibility index (Phi) is 11.3. The molecule has 0 aromatic heterocycles. The first-order valence-corrected chi connectivity index (χ1v) is 15.5. The quantitative estimate of drug-likeness (QED) is 0.168. The Morgan fingerprint density at radius 2 is 2.21 bits per heavy atom. The van der Waals surface area contributed by atoms with Crippen LogP contribution in [-0.4, -0.2) is 48.5 Å². The van der Waals surface area contributed by atoms with E-state index in [9.17, 15) is 4.79 Å². The number of carbonyl (C=O) groups is 1.